The summed E-state index contributed by atoms with van der Waals surface area (Å²) in [5.74, 6) is -0.421. The van der Waals surface area contributed by atoms with Gasteiger partial charge in [0.05, 0.1) is 33.4 Å². The first kappa shape index (κ1) is 14.7. The fourth-order valence-electron chi connectivity index (χ4n) is 1.99. The summed E-state index contributed by atoms with van der Waals surface area (Å²) in [6.07, 6.45) is 3.17. The molecule has 0 aliphatic carbocycles. The fourth-order valence-corrected chi connectivity index (χ4v) is 2.61. The molecule has 2 aromatic heterocycles. The number of nitriles is 1. The average molecular weight is 321 g/mol. The van der Waals surface area contributed by atoms with Gasteiger partial charge in [-0.2, -0.15) is 5.26 Å². The maximum Gasteiger partial charge on any atom is 0.274 e. The molecule has 0 spiro atoms. The summed E-state index contributed by atoms with van der Waals surface area (Å²) in [5, 5.41) is 11.6. The summed E-state index contributed by atoms with van der Waals surface area (Å²) in [6.45, 7) is 0. The monoisotopic (exact) mass is 321 g/mol. The Labute approximate surface area is 136 Å². The van der Waals surface area contributed by atoms with Crippen LogP contribution >= 0.6 is 11.3 Å². The van der Waals surface area contributed by atoms with Crippen LogP contribution in [0.2, 0.25) is 0 Å². The number of nitrogens with zero attached hydrogens (tertiary/aromatic N) is 3. The zero-order valence-electron chi connectivity index (χ0n) is 11.9. The van der Waals surface area contributed by atoms with E-state index in [2.05, 4.69) is 15.3 Å². The lowest BCUT2D eigenvalue weighted by atomic mass is 10.1. The summed E-state index contributed by atoms with van der Waals surface area (Å²) in [4.78, 5) is 21.3. The fraction of sp³-hybridized carbons (Fsp3) is 0. The van der Waals surface area contributed by atoms with E-state index < -0.39 is 5.91 Å². The molecule has 0 unspecified atom stereocenters. The van der Waals surface area contributed by atoms with Crippen molar-refractivity contribution >= 4 is 28.6 Å². The van der Waals surface area contributed by atoms with Gasteiger partial charge >= 0.3 is 0 Å². The molecule has 1 aromatic carbocycles. The van der Waals surface area contributed by atoms with Gasteiger partial charge in [0.25, 0.3) is 5.91 Å². The summed E-state index contributed by atoms with van der Waals surface area (Å²) in [5.41, 5.74) is 10.0. The third-order valence-electron chi connectivity index (χ3n) is 3.14. The molecule has 2 heterocycles. The molecule has 0 bridgehead atoms. The lowest BCUT2D eigenvalue weighted by Crippen LogP contribution is -2.15. The van der Waals surface area contributed by atoms with Crippen LogP contribution < -0.4 is 11.1 Å². The van der Waals surface area contributed by atoms with E-state index >= 15 is 0 Å². The number of rotatable bonds is 3. The number of amides is 1. The highest BCUT2D eigenvalue weighted by molar-refractivity contribution is 7.13. The van der Waals surface area contributed by atoms with Crippen LogP contribution in [0.25, 0.3) is 10.4 Å². The summed E-state index contributed by atoms with van der Waals surface area (Å²) < 4.78 is 0. The lowest BCUT2D eigenvalue weighted by molar-refractivity contribution is 0.102. The molecule has 3 aromatic rings. The Bertz CT molecular complexity index is 899. The zero-order chi connectivity index (χ0) is 16.2. The van der Waals surface area contributed by atoms with Gasteiger partial charge in [-0.25, -0.2) is 0 Å². The second-order valence-corrected chi connectivity index (χ2v) is 5.55. The van der Waals surface area contributed by atoms with Crippen LogP contribution in [0, 0.1) is 11.3 Å². The second kappa shape index (κ2) is 6.25. The van der Waals surface area contributed by atoms with Crippen LogP contribution in [0.4, 0.5) is 11.4 Å². The quantitative estimate of drug-likeness (QED) is 0.722. The number of thiazole rings is 1. The number of aromatic nitrogens is 2. The van der Waals surface area contributed by atoms with E-state index in [0.29, 0.717) is 16.9 Å². The van der Waals surface area contributed by atoms with Crippen molar-refractivity contribution in [1.82, 2.24) is 9.97 Å². The first-order valence-corrected chi connectivity index (χ1v) is 7.51. The van der Waals surface area contributed by atoms with Crippen LogP contribution in [-0.4, -0.2) is 15.9 Å². The van der Waals surface area contributed by atoms with E-state index in [0.717, 1.165) is 10.4 Å². The molecule has 0 atom stereocenters. The van der Waals surface area contributed by atoms with E-state index in [-0.39, 0.29) is 5.69 Å². The predicted octanol–water partition coefficient (Wildman–Crippen LogP) is 2.91. The van der Waals surface area contributed by atoms with Crippen LogP contribution in [0.5, 0.6) is 0 Å². The minimum absolute atomic E-state index is 0.159. The smallest absolute Gasteiger partial charge is 0.274 e. The summed E-state index contributed by atoms with van der Waals surface area (Å²) in [7, 11) is 0. The SMILES string of the molecule is N#Cc1ccnc(C(=O)Nc2cc(-c3cncs3)ccc2N)c1. The van der Waals surface area contributed by atoms with Gasteiger partial charge in [0, 0.05) is 12.4 Å². The maximum atomic E-state index is 12.3. The van der Waals surface area contributed by atoms with Gasteiger partial charge < -0.3 is 11.1 Å². The van der Waals surface area contributed by atoms with Crippen molar-refractivity contribution in [2.75, 3.05) is 11.1 Å². The Morgan fingerprint density at radius 1 is 1.30 bits per heavy atom. The molecular weight excluding hydrogens is 310 g/mol. The van der Waals surface area contributed by atoms with Gasteiger partial charge in [0.2, 0.25) is 0 Å². The molecule has 0 saturated carbocycles. The number of carbonyl (C=O) groups is 1. The number of nitrogens with one attached hydrogen (secondary N) is 1. The number of carbonyl (C=O) groups excluding carboxylic acids is 1. The Morgan fingerprint density at radius 3 is 2.91 bits per heavy atom. The molecule has 0 aliphatic rings. The normalized spacial score (nSPS) is 10.0. The van der Waals surface area contributed by atoms with Gasteiger partial charge in [0.15, 0.2) is 0 Å². The number of hydrogen-bond acceptors (Lipinski definition) is 6. The van der Waals surface area contributed by atoms with Crippen molar-refractivity contribution in [1.29, 1.82) is 5.26 Å². The molecule has 7 heteroatoms. The molecule has 0 saturated heterocycles. The molecule has 3 N–H and O–H groups in total. The number of hydrogen-bond donors (Lipinski definition) is 2. The van der Waals surface area contributed by atoms with Crippen molar-refractivity contribution in [3.8, 4) is 16.5 Å². The lowest BCUT2D eigenvalue weighted by Gasteiger charge is -2.09. The van der Waals surface area contributed by atoms with Crippen LogP contribution in [-0.2, 0) is 0 Å². The molecule has 3 rings (SSSR count). The number of benzene rings is 1. The van der Waals surface area contributed by atoms with Crippen LogP contribution in [0.15, 0.2) is 48.2 Å². The Morgan fingerprint density at radius 2 is 2.17 bits per heavy atom. The molecular formula is C16H11N5OS. The highest BCUT2D eigenvalue weighted by Gasteiger charge is 2.11. The van der Waals surface area contributed by atoms with Gasteiger partial charge in [-0.1, -0.05) is 6.07 Å². The van der Waals surface area contributed by atoms with Crippen LogP contribution in [0.1, 0.15) is 16.1 Å². The second-order valence-electron chi connectivity index (χ2n) is 4.66. The minimum atomic E-state index is -0.421. The molecule has 0 radical (unpaired) electrons. The van der Waals surface area contributed by atoms with Gasteiger partial charge in [0.1, 0.15) is 5.69 Å². The first-order valence-electron chi connectivity index (χ1n) is 6.63. The van der Waals surface area contributed by atoms with Crippen molar-refractivity contribution in [2.24, 2.45) is 0 Å². The van der Waals surface area contributed by atoms with E-state index in [9.17, 15) is 4.79 Å². The predicted molar refractivity (Wildman–Crippen MR) is 88.9 cm³/mol. The van der Waals surface area contributed by atoms with E-state index in [4.69, 9.17) is 11.0 Å². The number of nitrogens with two attached hydrogens (primary N) is 1. The topological polar surface area (TPSA) is 105 Å². The van der Waals surface area contributed by atoms with E-state index in [1.165, 1.54) is 29.7 Å². The van der Waals surface area contributed by atoms with Crippen molar-refractivity contribution in [2.45, 2.75) is 0 Å². The van der Waals surface area contributed by atoms with Gasteiger partial charge in [-0.3, -0.25) is 14.8 Å². The Kier molecular flexibility index (Phi) is 3.99. The van der Waals surface area contributed by atoms with Crippen LogP contribution in [0.3, 0.4) is 0 Å². The van der Waals surface area contributed by atoms with Crippen molar-refractivity contribution in [3.63, 3.8) is 0 Å². The van der Waals surface area contributed by atoms with E-state index in [1.807, 2.05) is 12.1 Å². The molecule has 0 fully saturated rings. The molecule has 23 heavy (non-hydrogen) atoms. The molecule has 112 valence electrons. The minimum Gasteiger partial charge on any atom is -0.397 e. The first-order chi connectivity index (χ1) is 11.2. The largest absolute Gasteiger partial charge is 0.397 e. The van der Waals surface area contributed by atoms with Gasteiger partial charge in [-0.05, 0) is 29.8 Å². The number of nitrogen functional groups attached to an aromatic ring is 1. The average Bonchev–Trinajstić information content (AvgIpc) is 3.11. The van der Waals surface area contributed by atoms with E-state index in [1.54, 1.807) is 23.8 Å². The third kappa shape index (κ3) is 3.17. The standard InChI is InChI=1S/C16H11N5OS/c17-7-10-3-4-20-14(5-10)16(22)21-13-6-11(1-2-12(13)18)15-8-19-9-23-15/h1-6,8-9H,18H2,(H,21,22). The van der Waals surface area contributed by atoms with Crippen molar-refractivity contribution in [3.05, 3.63) is 59.5 Å². The number of pyridine rings is 1. The molecule has 1 amide bonds. The summed E-state index contributed by atoms with van der Waals surface area (Å²) >= 11 is 1.50. The van der Waals surface area contributed by atoms with Crippen molar-refractivity contribution < 1.29 is 4.79 Å². The number of anilines is 2. The highest BCUT2D eigenvalue weighted by atomic mass is 32.1. The third-order valence-corrected chi connectivity index (χ3v) is 3.96. The molecule has 6 nitrogen and oxygen atoms in total. The zero-order valence-corrected chi connectivity index (χ0v) is 12.7. The maximum absolute atomic E-state index is 12.3. The summed E-state index contributed by atoms with van der Waals surface area (Å²) in [6, 6.07) is 10.3. The Hall–Kier alpha value is -3.24. The highest BCUT2D eigenvalue weighted by Crippen LogP contribution is 2.29. The molecule has 0 aliphatic heterocycles. The van der Waals surface area contributed by atoms with Gasteiger partial charge in [-0.15, -0.1) is 11.3 Å². The Balaban J connectivity index is 1.89.